The molecule has 1 fully saturated rings. The molecule has 1 amide bonds. The topological polar surface area (TPSA) is 48.9 Å². The van der Waals surface area contributed by atoms with Gasteiger partial charge in [-0.25, -0.2) is 0 Å². The Bertz CT molecular complexity index is 1360. The van der Waals surface area contributed by atoms with Gasteiger partial charge in [0.05, 0.1) is 5.56 Å². The molecule has 0 unspecified atom stereocenters. The fourth-order valence-corrected chi connectivity index (χ4v) is 6.57. The summed E-state index contributed by atoms with van der Waals surface area (Å²) in [5, 5.41) is 0. The van der Waals surface area contributed by atoms with Gasteiger partial charge in [-0.05, 0) is 85.0 Å². The highest BCUT2D eigenvalue weighted by Crippen LogP contribution is 2.39. The minimum atomic E-state index is -4.39. The van der Waals surface area contributed by atoms with Gasteiger partial charge in [-0.15, -0.1) is 0 Å². The van der Waals surface area contributed by atoms with Crippen LogP contribution in [-0.4, -0.2) is 67.1 Å². The summed E-state index contributed by atoms with van der Waals surface area (Å²) >= 11 is 0. The van der Waals surface area contributed by atoms with Gasteiger partial charge < -0.3 is 14.5 Å². The highest BCUT2D eigenvalue weighted by atomic mass is 19.4. The number of piperidine rings is 1. The largest absolute Gasteiger partial charge is 0.492 e. The van der Waals surface area contributed by atoms with Crippen LogP contribution >= 0.6 is 0 Å². The molecular formula is C35H43F3N4O2. The van der Waals surface area contributed by atoms with E-state index in [1.54, 1.807) is 18.0 Å². The van der Waals surface area contributed by atoms with Gasteiger partial charge in [-0.3, -0.25) is 14.7 Å². The Morgan fingerprint density at radius 2 is 1.75 bits per heavy atom. The number of carbonyl (C=O) groups is 1. The number of aromatic nitrogens is 1. The first-order valence-electron chi connectivity index (χ1n) is 15.7. The third-order valence-electron chi connectivity index (χ3n) is 9.21. The predicted octanol–water partition coefficient (Wildman–Crippen LogP) is 6.84. The van der Waals surface area contributed by atoms with Crippen molar-refractivity contribution in [3.63, 3.8) is 0 Å². The van der Waals surface area contributed by atoms with Crippen LogP contribution in [0.4, 0.5) is 18.9 Å². The molecule has 1 aromatic heterocycles. The van der Waals surface area contributed by atoms with Crippen molar-refractivity contribution in [3.05, 3.63) is 89.7 Å². The van der Waals surface area contributed by atoms with E-state index < -0.39 is 11.7 Å². The van der Waals surface area contributed by atoms with Crippen LogP contribution in [0, 0.1) is 5.41 Å². The second kappa shape index (κ2) is 14.5. The molecule has 1 spiro atoms. The third kappa shape index (κ3) is 8.52. The van der Waals surface area contributed by atoms with Gasteiger partial charge in [0.1, 0.15) is 12.4 Å². The second-order valence-electron chi connectivity index (χ2n) is 12.3. The number of carbonyl (C=O) groups excluding carboxylic acids is 1. The van der Waals surface area contributed by atoms with Crippen molar-refractivity contribution in [2.75, 3.05) is 51.3 Å². The van der Waals surface area contributed by atoms with Crippen molar-refractivity contribution in [1.29, 1.82) is 0 Å². The zero-order valence-electron chi connectivity index (χ0n) is 25.6. The molecule has 0 bridgehead atoms. The number of anilines is 1. The smallest absolute Gasteiger partial charge is 0.416 e. The van der Waals surface area contributed by atoms with Crippen molar-refractivity contribution in [2.24, 2.45) is 5.41 Å². The van der Waals surface area contributed by atoms with E-state index >= 15 is 0 Å². The van der Waals surface area contributed by atoms with Crippen LogP contribution < -0.4 is 9.64 Å². The Labute approximate surface area is 258 Å². The molecule has 0 aliphatic carbocycles. The standard InChI is InChI=1S/C35H43F3N4O2/c1-40(31-10-6-9-30(25-31)35(36,37)38)20-14-33(43)42-21-16-34(17-22-42)15-5-4-8-29-7-2-3-11-32(29)44-24-23-41(27-34)26-28-12-18-39-19-13-28/h2-3,6-7,9-13,18-19,25H,4-5,8,14-17,20-24,26-27H2,1H3. The molecule has 0 atom stereocenters. The Kier molecular flexibility index (Phi) is 10.5. The maximum atomic E-state index is 13.2. The molecule has 2 aliphatic rings. The van der Waals surface area contributed by atoms with Crippen LogP contribution in [0.2, 0.25) is 0 Å². The third-order valence-corrected chi connectivity index (χ3v) is 9.21. The van der Waals surface area contributed by atoms with Crippen molar-refractivity contribution >= 4 is 11.6 Å². The number of likely N-dealkylation sites (tertiary alicyclic amines) is 1. The number of amides is 1. The highest BCUT2D eigenvalue weighted by Gasteiger charge is 2.37. The summed E-state index contributed by atoms with van der Waals surface area (Å²) in [6.45, 7) is 4.96. The Balaban J connectivity index is 1.22. The molecular weight excluding hydrogens is 565 g/mol. The van der Waals surface area contributed by atoms with Crippen LogP contribution in [0.15, 0.2) is 73.1 Å². The number of para-hydroxylation sites is 1. The number of rotatable bonds is 6. The van der Waals surface area contributed by atoms with Crippen LogP contribution in [0.25, 0.3) is 0 Å². The van der Waals surface area contributed by atoms with E-state index in [0.717, 1.165) is 76.0 Å². The van der Waals surface area contributed by atoms with Gasteiger partial charge in [-0.1, -0.05) is 30.7 Å². The number of alkyl halides is 3. The fraction of sp³-hybridized carbons (Fsp3) is 0.486. The van der Waals surface area contributed by atoms with Gasteiger partial charge in [-0.2, -0.15) is 13.2 Å². The Morgan fingerprint density at radius 1 is 0.977 bits per heavy atom. The molecule has 1 saturated heterocycles. The van der Waals surface area contributed by atoms with Crippen LogP contribution in [0.3, 0.4) is 0 Å². The number of aryl methyl sites for hydroxylation is 1. The molecule has 9 heteroatoms. The van der Waals surface area contributed by atoms with Crippen molar-refractivity contribution in [1.82, 2.24) is 14.8 Å². The molecule has 3 heterocycles. The van der Waals surface area contributed by atoms with E-state index in [4.69, 9.17) is 4.74 Å². The summed E-state index contributed by atoms with van der Waals surface area (Å²) in [4.78, 5) is 23.6. The SMILES string of the molecule is CN(CCC(=O)N1CCC2(CCCCc3ccccc3OCCN(Cc3ccncc3)C2)CC1)c1cccc(C(F)(F)F)c1. The molecule has 6 nitrogen and oxygen atoms in total. The molecule has 0 radical (unpaired) electrons. The molecule has 236 valence electrons. The molecule has 2 aromatic carbocycles. The number of hydrogen-bond donors (Lipinski definition) is 0. The first-order valence-corrected chi connectivity index (χ1v) is 15.7. The van der Waals surface area contributed by atoms with Gasteiger partial charge in [0.2, 0.25) is 5.91 Å². The average molecular weight is 609 g/mol. The van der Waals surface area contributed by atoms with Crippen molar-refractivity contribution < 1.29 is 22.7 Å². The molecule has 44 heavy (non-hydrogen) atoms. The zero-order valence-corrected chi connectivity index (χ0v) is 25.6. The van der Waals surface area contributed by atoms with Gasteiger partial charge in [0.15, 0.2) is 0 Å². The lowest BCUT2D eigenvalue weighted by Crippen LogP contribution is -2.48. The lowest BCUT2D eigenvalue weighted by molar-refractivity contribution is -0.137. The monoisotopic (exact) mass is 608 g/mol. The molecule has 0 saturated carbocycles. The van der Waals surface area contributed by atoms with E-state index in [9.17, 15) is 18.0 Å². The minimum absolute atomic E-state index is 0.0606. The fourth-order valence-electron chi connectivity index (χ4n) is 6.57. The lowest BCUT2D eigenvalue weighted by Gasteiger charge is -2.45. The summed E-state index contributed by atoms with van der Waals surface area (Å²) in [6, 6.07) is 17.7. The van der Waals surface area contributed by atoms with Gasteiger partial charge in [0.25, 0.3) is 0 Å². The number of fused-ring (bicyclic) bond motifs is 1. The average Bonchev–Trinajstić information content (AvgIpc) is 3.02. The number of hydrogen-bond acceptors (Lipinski definition) is 5. The first-order chi connectivity index (χ1) is 21.2. The summed E-state index contributed by atoms with van der Waals surface area (Å²) in [5.41, 5.74) is 2.37. The Hall–Kier alpha value is -3.59. The lowest BCUT2D eigenvalue weighted by atomic mass is 9.73. The van der Waals surface area contributed by atoms with Crippen LogP contribution in [-0.2, 0) is 23.9 Å². The Morgan fingerprint density at radius 3 is 2.52 bits per heavy atom. The summed E-state index contributed by atoms with van der Waals surface area (Å²) < 4.78 is 45.8. The van der Waals surface area contributed by atoms with E-state index in [1.165, 1.54) is 17.2 Å². The van der Waals surface area contributed by atoms with Gasteiger partial charge >= 0.3 is 6.18 Å². The number of ether oxygens (including phenoxy) is 1. The number of nitrogens with zero attached hydrogens (tertiary/aromatic N) is 4. The summed E-state index contributed by atoms with van der Waals surface area (Å²) in [6.07, 6.45) is 5.75. The maximum Gasteiger partial charge on any atom is 0.416 e. The van der Waals surface area contributed by atoms with Crippen molar-refractivity contribution in [2.45, 2.75) is 57.7 Å². The number of halogens is 3. The van der Waals surface area contributed by atoms with Crippen molar-refractivity contribution in [3.8, 4) is 5.75 Å². The molecule has 3 aromatic rings. The summed E-state index contributed by atoms with van der Waals surface area (Å²) in [7, 11) is 1.73. The number of benzene rings is 2. The first kappa shape index (κ1) is 31.8. The van der Waals surface area contributed by atoms with Crippen LogP contribution in [0.1, 0.15) is 55.2 Å². The maximum absolute atomic E-state index is 13.2. The van der Waals surface area contributed by atoms with Crippen LogP contribution in [0.5, 0.6) is 5.75 Å². The quantitative estimate of drug-likeness (QED) is 0.307. The second-order valence-corrected chi connectivity index (χ2v) is 12.3. The zero-order chi connectivity index (χ0) is 31.0. The molecule has 2 aliphatic heterocycles. The normalized spacial score (nSPS) is 18.0. The minimum Gasteiger partial charge on any atom is -0.492 e. The summed E-state index contributed by atoms with van der Waals surface area (Å²) in [5.74, 6) is 1.04. The molecule has 5 rings (SSSR count). The van der Waals surface area contributed by atoms with E-state index in [1.807, 2.05) is 23.4 Å². The highest BCUT2D eigenvalue weighted by molar-refractivity contribution is 5.77. The predicted molar refractivity (Wildman–Crippen MR) is 167 cm³/mol. The van der Waals surface area contributed by atoms with E-state index in [0.29, 0.717) is 31.9 Å². The number of pyridine rings is 1. The van der Waals surface area contributed by atoms with Gasteiger partial charge in [0, 0.05) is 70.8 Å². The molecule has 0 N–H and O–H groups in total. The van der Waals surface area contributed by atoms with E-state index in [-0.39, 0.29) is 17.7 Å². The van der Waals surface area contributed by atoms with E-state index in [2.05, 4.69) is 40.2 Å².